The van der Waals surface area contributed by atoms with Crippen molar-refractivity contribution in [2.75, 3.05) is 13.2 Å². The van der Waals surface area contributed by atoms with Gasteiger partial charge < -0.3 is 9.15 Å². The van der Waals surface area contributed by atoms with Crippen LogP contribution in [-0.4, -0.2) is 29.6 Å². The monoisotopic (exact) mass is 316 g/mol. The maximum absolute atomic E-state index is 11.8. The van der Waals surface area contributed by atoms with Gasteiger partial charge in [-0.3, -0.25) is 0 Å². The summed E-state index contributed by atoms with van der Waals surface area (Å²) >= 11 is 3.33. The van der Waals surface area contributed by atoms with Gasteiger partial charge in [-0.1, -0.05) is 22.9 Å². The quantitative estimate of drug-likeness (QED) is 0.598. The largest absolute Gasteiger partial charge is 0.424 e. The Hall–Kier alpha value is -0.630. The van der Waals surface area contributed by atoms with E-state index in [0.717, 1.165) is 6.42 Å². The van der Waals surface area contributed by atoms with Crippen molar-refractivity contribution in [3.05, 3.63) is 11.8 Å². The predicted octanol–water partition coefficient (Wildman–Crippen LogP) is 3.04. The molecule has 0 fully saturated rings. The minimum Gasteiger partial charge on any atom is -0.424 e. The summed E-state index contributed by atoms with van der Waals surface area (Å²) in [6, 6.07) is 0. The van der Waals surface area contributed by atoms with E-state index in [-0.39, 0.29) is 23.7 Å². The summed E-state index contributed by atoms with van der Waals surface area (Å²) in [5.74, 6) is 0.707. The third kappa shape index (κ3) is 5.49. The second-order valence-corrected chi connectivity index (χ2v) is 4.43. The first-order chi connectivity index (χ1) is 7.92. The molecule has 1 aromatic heterocycles. The summed E-state index contributed by atoms with van der Waals surface area (Å²) in [6.45, 7) is 0.583. The Labute approximate surface area is 105 Å². The zero-order valence-electron chi connectivity index (χ0n) is 9.13. The molecule has 1 rings (SSSR count). The summed E-state index contributed by atoms with van der Waals surface area (Å²) < 4.78 is 44.9. The molecule has 0 saturated carbocycles. The van der Waals surface area contributed by atoms with Gasteiger partial charge in [0.1, 0.15) is 6.61 Å². The van der Waals surface area contributed by atoms with E-state index in [4.69, 9.17) is 4.42 Å². The van der Waals surface area contributed by atoms with E-state index >= 15 is 0 Å². The van der Waals surface area contributed by atoms with E-state index in [1.165, 1.54) is 0 Å². The van der Waals surface area contributed by atoms with Crippen LogP contribution in [0.1, 0.15) is 30.0 Å². The summed E-state index contributed by atoms with van der Waals surface area (Å²) in [6.07, 6.45) is -3.35. The van der Waals surface area contributed by atoms with E-state index in [1.807, 2.05) is 6.92 Å². The van der Waals surface area contributed by atoms with E-state index in [2.05, 4.69) is 30.9 Å². The van der Waals surface area contributed by atoms with Crippen LogP contribution in [-0.2, 0) is 11.2 Å². The molecule has 0 aliphatic rings. The third-order valence-electron chi connectivity index (χ3n) is 1.83. The minimum atomic E-state index is -4.30. The van der Waals surface area contributed by atoms with Gasteiger partial charge in [0.2, 0.25) is 11.8 Å². The van der Waals surface area contributed by atoms with E-state index < -0.39 is 12.8 Å². The fourth-order valence-corrected chi connectivity index (χ4v) is 1.20. The highest BCUT2D eigenvalue weighted by Crippen LogP contribution is 2.24. The topological polar surface area (TPSA) is 48.2 Å². The van der Waals surface area contributed by atoms with E-state index in [1.54, 1.807) is 0 Å². The van der Waals surface area contributed by atoms with Crippen molar-refractivity contribution < 1.29 is 22.3 Å². The molecular weight excluding hydrogens is 305 g/mol. The van der Waals surface area contributed by atoms with Gasteiger partial charge in [0.25, 0.3) is 0 Å². The maximum Gasteiger partial charge on any atom is 0.411 e. The summed E-state index contributed by atoms with van der Waals surface area (Å²) in [5.41, 5.74) is 0. The van der Waals surface area contributed by atoms with Crippen molar-refractivity contribution in [3.8, 4) is 0 Å². The SMILES string of the molecule is CCC(Br)c1nnc(CCOCC(F)(F)F)o1. The van der Waals surface area contributed by atoms with Gasteiger partial charge in [0, 0.05) is 6.42 Å². The molecule has 0 bridgehead atoms. The Bertz CT molecular complexity index is 343. The highest BCUT2D eigenvalue weighted by atomic mass is 79.9. The van der Waals surface area contributed by atoms with Crippen LogP contribution >= 0.6 is 15.9 Å². The van der Waals surface area contributed by atoms with Crippen molar-refractivity contribution in [1.82, 2.24) is 10.2 Å². The highest BCUT2D eigenvalue weighted by Gasteiger charge is 2.27. The molecule has 0 amide bonds. The van der Waals surface area contributed by atoms with Gasteiger partial charge in [0.05, 0.1) is 11.4 Å². The molecule has 0 aliphatic carbocycles. The van der Waals surface area contributed by atoms with Gasteiger partial charge in [-0.25, -0.2) is 0 Å². The lowest BCUT2D eigenvalue weighted by Gasteiger charge is -2.05. The van der Waals surface area contributed by atoms with Gasteiger partial charge in [0.15, 0.2) is 0 Å². The number of ether oxygens (including phenoxy) is 1. The van der Waals surface area contributed by atoms with E-state index in [9.17, 15) is 13.2 Å². The minimum absolute atomic E-state index is 0.0279. The highest BCUT2D eigenvalue weighted by molar-refractivity contribution is 9.09. The van der Waals surface area contributed by atoms with Crippen molar-refractivity contribution in [2.24, 2.45) is 0 Å². The normalized spacial score (nSPS) is 13.9. The van der Waals surface area contributed by atoms with Crippen LogP contribution in [0.3, 0.4) is 0 Å². The standard InChI is InChI=1S/C9H12BrF3N2O2/c1-2-6(10)8-15-14-7(17-8)3-4-16-5-9(11,12)13/h6H,2-5H2,1H3. The molecule has 0 spiro atoms. The number of halogens is 4. The molecule has 0 aliphatic heterocycles. The third-order valence-corrected chi connectivity index (χ3v) is 2.87. The second kappa shape index (κ2) is 6.34. The van der Waals surface area contributed by atoms with Crippen molar-refractivity contribution in [1.29, 1.82) is 0 Å². The van der Waals surface area contributed by atoms with Gasteiger partial charge in [-0.05, 0) is 6.42 Å². The fourth-order valence-electron chi connectivity index (χ4n) is 1.02. The summed E-state index contributed by atoms with van der Waals surface area (Å²) in [5, 5.41) is 7.48. The number of nitrogens with zero attached hydrogens (tertiary/aromatic N) is 2. The number of alkyl halides is 4. The van der Waals surface area contributed by atoms with Gasteiger partial charge in [-0.15, -0.1) is 10.2 Å². The average molecular weight is 317 g/mol. The van der Waals surface area contributed by atoms with Crippen molar-refractivity contribution >= 4 is 15.9 Å². The Morgan fingerprint density at radius 2 is 2.12 bits per heavy atom. The Balaban J connectivity index is 2.30. The lowest BCUT2D eigenvalue weighted by molar-refractivity contribution is -0.173. The Morgan fingerprint density at radius 3 is 2.71 bits per heavy atom. The molecular formula is C9H12BrF3N2O2. The van der Waals surface area contributed by atoms with Crippen LogP contribution in [0.25, 0.3) is 0 Å². The van der Waals surface area contributed by atoms with Crippen LogP contribution in [0.5, 0.6) is 0 Å². The molecule has 0 N–H and O–H groups in total. The smallest absolute Gasteiger partial charge is 0.411 e. The number of hydrogen-bond acceptors (Lipinski definition) is 4. The fraction of sp³-hybridized carbons (Fsp3) is 0.778. The van der Waals surface area contributed by atoms with Crippen LogP contribution in [0.2, 0.25) is 0 Å². The maximum atomic E-state index is 11.8. The molecule has 1 atom stereocenters. The van der Waals surface area contributed by atoms with Crippen molar-refractivity contribution in [2.45, 2.75) is 30.8 Å². The number of rotatable bonds is 6. The zero-order valence-corrected chi connectivity index (χ0v) is 10.7. The molecule has 0 aromatic carbocycles. The Morgan fingerprint density at radius 1 is 1.41 bits per heavy atom. The first kappa shape index (κ1) is 14.4. The van der Waals surface area contributed by atoms with Crippen molar-refractivity contribution in [3.63, 3.8) is 0 Å². The van der Waals surface area contributed by atoms with Crippen LogP contribution < -0.4 is 0 Å². The molecule has 17 heavy (non-hydrogen) atoms. The second-order valence-electron chi connectivity index (χ2n) is 3.33. The zero-order chi connectivity index (χ0) is 12.9. The molecule has 1 heterocycles. The lowest BCUT2D eigenvalue weighted by Crippen LogP contribution is -2.18. The molecule has 0 radical (unpaired) electrons. The molecule has 98 valence electrons. The van der Waals surface area contributed by atoms with Crippen LogP contribution in [0.4, 0.5) is 13.2 Å². The lowest BCUT2D eigenvalue weighted by atomic mass is 10.3. The summed E-state index contributed by atoms with van der Waals surface area (Å²) in [7, 11) is 0. The van der Waals surface area contributed by atoms with Crippen LogP contribution in [0.15, 0.2) is 4.42 Å². The molecule has 8 heteroatoms. The first-order valence-electron chi connectivity index (χ1n) is 5.03. The first-order valence-corrected chi connectivity index (χ1v) is 5.94. The Kier molecular flexibility index (Phi) is 5.38. The van der Waals surface area contributed by atoms with Gasteiger partial charge >= 0.3 is 6.18 Å². The molecule has 1 unspecified atom stereocenters. The molecule has 1 aromatic rings. The molecule has 4 nitrogen and oxygen atoms in total. The van der Waals surface area contributed by atoms with Gasteiger partial charge in [-0.2, -0.15) is 13.2 Å². The molecule has 0 saturated heterocycles. The van der Waals surface area contributed by atoms with E-state index in [0.29, 0.717) is 5.89 Å². The predicted molar refractivity (Wildman–Crippen MR) is 56.8 cm³/mol. The van der Waals surface area contributed by atoms with Crippen LogP contribution in [0, 0.1) is 0 Å². The number of aromatic nitrogens is 2. The average Bonchev–Trinajstić information content (AvgIpc) is 2.70. The number of hydrogen-bond donors (Lipinski definition) is 0. The summed E-state index contributed by atoms with van der Waals surface area (Å²) in [4.78, 5) is -0.0279.